The van der Waals surface area contributed by atoms with Crippen LogP contribution in [0, 0.1) is 5.92 Å². The third kappa shape index (κ3) is 5.83. The van der Waals surface area contributed by atoms with Gasteiger partial charge in [0.1, 0.15) is 11.6 Å². The van der Waals surface area contributed by atoms with Gasteiger partial charge in [0.05, 0.1) is 0 Å². The Morgan fingerprint density at radius 2 is 1.66 bits per heavy atom. The first-order valence-electron chi connectivity index (χ1n) is 13.2. The second kappa shape index (κ2) is 10.9. The summed E-state index contributed by atoms with van der Waals surface area (Å²) in [6.45, 7) is 7.32. The van der Waals surface area contributed by atoms with Gasteiger partial charge in [0.15, 0.2) is 5.11 Å². The Bertz CT molecular complexity index is 1020. The molecule has 188 valence electrons. The van der Waals surface area contributed by atoms with Crippen molar-refractivity contribution in [2.24, 2.45) is 5.92 Å². The van der Waals surface area contributed by atoms with Crippen molar-refractivity contribution in [2.45, 2.75) is 63.7 Å². The van der Waals surface area contributed by atoms with Crippen LogP contribution in [0.15, 0.2) is 30.3 Å². The second-order valence-electron chi connectivity index (χ2n) is 10.6. The Balaban J connectivity index is 1.31. The zero-order valence-electron chi connectivity index (χ0n) is 20.7. The number of benzene rings is 1. The van der Waals surface area contributed by atoms with E-state index >= 15 is 0 Å². The number of hydrogen-bond donors (Lipinski definition) is 2. The van der Waals surface area contributed by atoms with Gasteiger partial charge in [-0.05, 0) is 74.4 Å². The highest BCUT2D eigenvalue weighted by atomic mass is 35.5. The molecular formula is C27H37ClN6S. The lowest BCUT2D eigenvalue weighted by molar-refractivity contribution is 0.435. The highest BCUT2D eigenvalue weighted by molar-refractivity contribution is 7.80. The summed E-state index contributed by atoms with van der Waals surface area (Å²) in [6.07, 6.45) is 9.72. The summed E-state index contributed by atoms with van der Waals surface area (Å²) < 4.78 is 0. The molecule has 2 aromatic rings. The molecule has 1 aliphatic carbocycles. The van der Waals surface area contributed by atoms with Crippen LogP contribution in [0.2, 0.25) is 5.02 Å². The number of aromatic nitrogens is 2. The molecular weight excluding hydrogens is 476 g/mol. The molecule has 6 nitrogen and oxygen atoms in total. The minimum Gasteiger partial charge on any atom is -0.361 e. The average Bonchev–Trinajstić information content (AvgIpc) is 3.56. The van der Waals surface area contributed by atoms with Crippen molar-refractivity contribution in [1.82, 2.24) is 15.3 Å². The van der Waals surface area contributed by atoms with Crippen LogP contribution in [-0.2, 0) is 5.41 Å². The molecule has 3 fully saturated rings. The van der Waals surface area contributed by atoms with Crippen LogP contribution in [0.3, 0.4) is 0 Å². The SMILES string of the molecule is CC1CCCN(c2cc(N3CCCC3)nc(NC(=S)NCC3(c4ccc(Cl)cc4)CCCC3)n2)C1. The molecule has 2 N–H and O–H groups in total. The molecule has 0 amide bonds. The quantitative estimate of drug-likeness (QED) is 0.477. The molecule has 1 aromatic heterocycles. The van der Waals surface area contributed by atoms with Crippen LogP contribution in [0.1, 0.15) is 63.9 Å². The van der Waals surface area contributed by atoms with E-state index in [0.717, 1.165) is 62.2 Å². The monoisotopic (exact) mass is 512 g/mol. The Morgan fingerprint density at radius 3 is 2.34 bits per heavy atom. The Kier molecular flexibility index (Phi) is 7.63. The van der Waals surface area contributed by atoms with Gasteiger partial charge in [0, 0.05) is 49.2 Å². The molecule has 1 unspecified atom stereocenters. The number of anilines is 3. The van der Waals surface area contributed by atoms with Crippen LogP contribution in [0.25, 0.3) is 0 Å². The smallest absolute Gasteiger partial charge is 0.232 e. The van der Waals surface area contributed by atoms with Crippen LogP contribution >= 0.6 is 23.8 Å². The van der Waals surface area contributed by atoms with Crippen molar-refractivity contribution in [3.63, 3.8) is 0 Å². The highest BCUT2D eigenvalue weighted by Crippen LogP contribution is 2.41. The number of thiocarbonyl (C=S) groups is 1. The number of nitrogens with one attached hydrogen (secondary N) is 2. The van der Waals surface area contributed by atoms with Gasteiger partial charge in [0.25, 0.3) is 0 Å². The Labute approximate surface area is 219 Å². The van der Waals surface area contributed by atoms with Crippen molar-refractivity contribution in [2.75, 3.05) is 47.8 Å². The molecule has 3 heterocycles. The average molecular weight is 513 g/mol. The first kappa shape index (κ1) is 24.6. The first-order chi connectivity index (χ1) is 17.0. The van der Waals surface area contributed by atoms with Crippen molar-refractivity contribution in [3.05, 3.63) is 40.9 Å². The van der Waals surface area contributed by atoms with E-state index in [4.69, 9.17) is 33.8 Å². The van der Waals surface area contributed by atoms with Crippen molar-refractivity contribution in [1.29, 1.82) is 0 Å². The molecule has 1 atom stereocenters. The molecule has 1 saturated carbocycles. The normalized spacial score (nSPS) is 21.8. The lowest BCUT2D eigenvalue weighted by Gasteiger charge is -2.33. The fourth-order valence-electron chi connectivity index (χ4n) is 5.96. The van der Waals surface area contributed by atoms with Crippen molar-refractivity contribution in [3.8, 4) is 0 Å². The van der Waals surface area contributed by atoms with E-state index in [0.29, 0.717) is 17.0 Å². The molecule has 0 radical (unpaired) electrons. The summed E-state index contributed by atoms with van der Waals surface area (Å²) in [6, 6.07) is 10.5. The molecule has 0 bridgehead atoms. The van der Waals surface area contributed by atoms with Gasteiger partial charge in [-0.25, -0.2) is 0 Å². The topological polar surface area (TPSA) is 56.3 Å². The number of nitrogens with zero attached hydrogens (tertiary/aromatic N) is 4. The maximum Gasteiger partial charge on any atom is 0.232 e. The third-order valence-corrected chi connectivity index (χ3v) is 8.44. The highest BCUT2D eigenvalue weighted by Gasteiger charge is 2.35. The summed E-state index contributed by atoms with van der Waals surface area (Å²) in [5, 5.41) is 8.19. The van der Waals surface area contributed by atoms with Crippen LogP contribution in [-0.4, -0.2) is 47.8 Å². The molecule has 3 aliphatic rings. The fourth-order valence-corrected chi connectivity index (χ4v) is 6.25. The number of halogens is 1. The number of hydrogen-bond acceptors (Lipinski definition) is 5. The van der Waals surface area contributed by atoms with E-state index in [1.54, 1.807) is 0 Å². The second-order valence-corrected chi connectivity index (χ2v) is 11.4. The van der Waals surface area contributed by atoms with E-state index in [1.165, 1.54) is 44.1 Å². The standard InChI is InChI=1S/C27H37ClN6S/c1-20-7-6-16-34(18-20)24-17-23(33-14-4-5-15-33)30-25(31-24)32-26(35)29-19-27(12-2-3-13-27)21-8-10-22(28)11-9-21/h8-11,17,20H,2-7,12-16,18-19H2,1H3,(H2,29,30,31,32,35). The summed E-state index contributed by atoms with van der Waals surface area (Å²) in [7, 11) is 0. The minimum absolute atomic E-state index is 0.0870. The zero-order chi connectivity index (χ0) is 24.3. The van der Waals surface area contributed by atoms with Gasteiger partial charge in [-0.1, -0.05) is 43.5 Å². The number of rotatable bonds is 6. The number of piperidine rings is 1. The van der Waals surface area contributed by atoms with Gasteiger partial charge in [-0.15, -0.1) is 0 Å². The van der Waals surface area contributed by atoms with Crippen LogP contribution in [0.5, 0.6) is 0 Å². The predicted octanol–water partition coefficient (Wildman–Crippen LogP) is 5.76. The largest absolute Gasteiger partial charge is 0.361 e. The van der Waals surface area contributed by atoms with Gasteiger partial charge in [0.2, 0.25) is 5.95 Å². The molecule has 1 aromatic carbocycles. The van der Waals surface area contributed by atoms with Crippen molar-refractivity contribution >= 4 is 46.5 Å². The Hall–Kier alpha value is -2.12. The first-order valence-corrected chi connectivity index (χ1v) is 14.0. The molecule has 2 aliphatic heterocycles. The lowest BCUT2D eigenvalue weighted by atomic mass is 9.79. The van der Waals surface area contributed by atoms with Gasteiger partial charge in [-0.2, -0.15) is 9.97 Å². The summed E-state index contributed by atoms with van der Waals surface area (Å²) >= 11 is 11.9. The summed E-state index contributed by atoms with van der Waals surface area (Å²) in [5.41, 5.74) is 1.42. The van der Waals surface area contributed by atoms with Crippen LogP contribution < -0.4 is 20.4 Å². The van der Waals surface area contributed by atoms with E-state index in [-0.39, 0.29) is 5.41 Å². The van der Waals surface area contributed by atoms with E-state index in [1.807, 2.05) is 12.1 Å². The van der Waals surface area contributed by atoms with E-state index < -0.39 is 0 Å². The van der Waals surface area contributed by atoms with Gasteiger partial charge in [-0.3, -0.25) is 0 Å². The fraction of sp³-hybridized carbons (Fsp3) is 0.593. The molecule has 35 heavy (non-hydrogen) atoms. The molecule has 8 heteroatoms. The maximum absolute atomic E-state index is 6.15. The summed E-state index contributed by atoms with van der Waals surface area (Å²) in [5.74, 6) is 3.28. The molecule has 5 rings (SSSR count). The van der Waals surface area contributed by atoms with Gasteiger partial charge >= 0.3 is 0 Å². The lowest BCUT2D eigenvalue weighted by Crippen LogP contribution is -2.41. The third-order valence-electron chi connectivity index (χ3n) is 7.94. The van der Waals surface area contributed by atoms with Crippen LogP contribution in [0.4, 0.5) is 17.6 Å². The predicted molar refractivity (Wildman–Crippen MR) is 150 cm³/mol. The van der Waals surface area contributed by atoms with Crippen molar-refractivity contribution < 1.29 is 0 Å². The van der Waals surface area contributed by atoms with E-state index in [2.05, 4.69) is 45.6 Å². The summed E-state index contributed by atoms with van der Waals surface area (Å²) in [4.78, 5) is 14.5. The van der Waals surface area contributed by atoms with Gasteiger partial charge < -0.3 is 20.4 Å². The molecule has 0 spiro atoms. The van der Waals surface area contributed by atoms with E-state index in [9.17, 15) is 0 Å². The molecule has 2 saturated heterocycles. The minimum atomic E-state index is 0.0870. The maximum atomic E-state index is 6.15. The Morgan fingerprint density at radius 1 is 1.00 bits per heavy atom. The zero-order valence-corrected chi connectivity index (χ0v) is 22.3.